The molecule has 2 heterocycles. The Morgan fingerprint density at radius 2 is 1.97 bits per heavy atom. The van der Waals surface area contributed by atoms with Crippen LogP contribution in [0.1, 0.15) is 5.69 Å². The van der Waals surface area contributed by atoms with E-state index < -0.39 is 0 Å². The van der Waals surface area contributed by atoms with E-state index in [4.69, 9.17) is 27.9 Å². The minimum Gasteiger partial charge on any atom is -0.495 e. The number of nitrogens with zero attached hydrogens (tertiary/aromatic N) is 2. The van der Waals surface area contributed by atoms with E-state index in [2.05, 4.69) is 10.3 Å². The zero-order chi connectivity index (χ0) is 22.0. The molecule has 160 valence electrons. The van der Waals surface area contributed by atoms with Crippen molar-refractivity contribution in [3.63, 3.8) is 0 Å². The zero-order valence-electron chi connectivity index (χ0n) is 16.4. The number of carbonyl (C=O) groups excluding carboxylic acids is 1. The lowest BCUT2D eigenvalue weighted by Crippen LogP contribution is -2.24. The zero-order valence-corrected chi connectivity index (χ0v) is 19.5. The molecule has 0 atom stereocenters. The van der Waals surface area contributed by atoms with Crippen LogP contribution in [-0.4, -0.2) is 34.1 Å². The number of aromatic nitrogens is 2. The highest BCUT2D eigenvalue weighted by atomic mass is 35.5. The average molecular weight is 494 g/mol. The number of benzene rings is 2. The summed E-state index contributed by atoms with van der Waals surface area (Å²) in [7, 11) is 1.52. The van der Waals surface area contributed by atoms with Crippen molar-refractivity contribution in [1.82, 2.24) is 9.55 Å². The van der Waals surface area contributed by atoms with Gasteiger partial charge in [-0.1, -0.05) is 35.0 Å². The summed E-state index contributed by atoms with van der Waals surface area (Å²) in [5.41, 5.74) is 1.78. The van der Waals surface area contributed by atoms with Gasteiger partial charge < -0.3 is 10.1 Å². The van der Waals surface area contributed by atoms with Crippen LogP contribution in [0.2, 0.25) is 10.0 Å². The predicted molar refractivity (Wildman–Crippen MR) is 127 cm³/mol. The van der Waals surface area contributed by atoms with Crippen molar-refractivity contribution in [3.8, 4) is 11.4 Å². The minimum absolute atomic E-state index is 0.0572. The lowest BCUT2D eigenvalue weighted by atomic mass is 10.3. The van der Waals surface area contributed by atoms with E-state index in [9.17, 15) is 9.59 Å². The molecule has 10 heteroatoms. The van der Waals surface area contributed by atoms with Crippen LogP contribution in [0.3, 0.4) is 0 Å². The SMILES string of the molecule is COc1ccc(Cl)cc1NC(=O)CSc1nc2c(c(=O)n1-c1ccc(Cl)cc1)SCC2. The van der Waals surface area contributed by atoms with Crippen molar-refractivity contribution < 1.29 is 9.53 Å². The molecule has 1 N–H and O–H groups in total. The Kier molecular flexibility index (Phi) is 6.81. The number of thioether (sulfide) groups is 2. The van der Waals surface area contributed by atoms with Gasteiger partial charge in [-0.25, -0.2) is 4.98 Å². The van der Waals surface area contributed by atoms with Crippen molar-refractivity contribution in [3.05, 3.63) is 68.6 Å². The third-order valence-electron chi connectivity index (χ3n) is 4.52. The summed E-state index contributed by atoms with van der Waals surface area (Å²) in [4.78, 5) is 31.1. The molecule has 0 spiro atoms. The van der Waals surface area contributed by atoms with Crippen LogP contribution in [0.4, 0.5) is 5.69 Å². The van der Waals surface area contributed by atoms with Crippen molar-refractivity contribution in [2.24, 2.45) is 0 Å². The van der Waals surface area contributed by atoms with Crippen LogP contribution in [0, 0.1) is 0 Å². The third kappa shape index (κ3) is 4.87. The number of aryl methyl sites for hydroxylation is 1. The largest absolute Gasteiger partial charge is 0.495 e. The first kappa shape index (κ1) is 22.1. The van der Waals surface area contributed by atoms with E-state index >= 15 is 0 Å². The summed E-state index contributed by atoms with van der Waals surface area (Å²) < 4.78 is 6.80. The van der Waals surface area contributed by atoms with Gasteiger partial charge >= 0.3 is 0 Å². The maximum absolute atomic E-state index is 13.1. The van der Waals surface area contributed by atoms with Crippen LogP contribution < -0.4 is 15.6 Å². The van der Waals surface area contributed by atoms with Gasteiger partial charge in [0.2, 0.25) is 5.91 Å². The van der Waals surface area contributed by atoms with Gasteiger partial charge in [-0.3, -0.25) is 14.2 Å². The van der Waals surface area contributed by atoms with Gasteiger partial charge in [0, 0.05) is 22.2 Å². The lowest BCUT2D eigenvalue weighted by Gasteiger charge is -2.14. The highest BCUT2D eigenvalue weighted by Crippen LogP contribution is 2.31. The number of hydrogen-bond acceptors (Lipinski definition) is 6. The Morgan fingerprint density at radius 1 is 1.23 bits per heavy atom. The molecule has 31 heavy (non-hydrogen) atoms. The number of hydrogen-bond donors (Lipinski definition) is 1. The molecule has 1 aliphatic heterocycles. The maximum atomic E-state index is 13.1. The first-order chi connectivity index (χ1) is 15.0. The maximum Gasteiger partial charge on any atom is 0.272 e. The Labute approximate surface area is 197 Å². The summed E-state index contributed by atoms with van der Waals surface area (Å²) in [6.45, 7) is 0. The summed E-state index contributed by atoms with van der Waals surface area (Å²) >= 11 is 14.7. The van der Waals surface area contributed by atoms with Gasteiger partial charge in [-0.15, -0.1) is 11.8 Å². The van der Waals surface area contributed by atoms with Crippen LogP contribution >= 0.6 is 46.7 Å². The van der Waals surface area contributed by atoms with Gasteiger partial charge in [0.1, 0.15) is 5.75 Å². The number of methoxy groups -OCH3 is 1. The average Bonchev–Trinajstić information content (AvgIpc) is 3.22. The number of ether oxygens (including phenoxy) is 1. The number of halogens is 2. The number of fused-ring (bicyclic) bond motifs is 1. The Bertz CT molecular complexity index is 1200. The fourth-order valence-electron chi connectivity index (χ4n) is 3.10. The monoisotopic (exact) mass is 493 g/mol. The van der Waals surface area contributed by atoms with Gasteiger partial charge in [0.15, 0.2) is 5.16 Å². The summed E-state index contributed by atoms with van der Waals surface area (Å²) in [5, 5.41) is 4.32. The van der Waals surface area contributed by atoms with Gasteiger partial charge in [-0.2, -0.15) is 0 Å². The second-order valence-electron chi connectivity index (χ2n) is 6.57. The van der Waals surface area contributed by atoms with Crippen molar-refractivity contribution >= 4 is 58.3 Å². The molecule has 1 aromatic heterocycles. The lowest BCUT2D eigenvalue weighted by molar-refractivity contribution is -0.113. The fraction of sp³-hybridized carbons (Fsp3) is 0.190. The van der Waals surface area contributed by atoms with E-state index in [0.717, 1.165) is 17.9 Å². The second kappa shape index (κ2) is 9.56. The molecule has 0 saturated carbocycles. The van der Waals surface area contributed by atoms with Crippen LogP contribution in [-0.2, 0) is 11.2 Å². The number of rotatable bonds is 6. The highest BCUT2D eigenvalue weighted by molar-refractivity contribution is 8.00. The standard InChI is InChI=1S/C21H17Cl2N3O3S2/c1-29-17-7-4-13(23)10-16(17)24-18(27)11-31-21-25-15-8-9-30-19(15)20(28)26(21)14-5-2-12(22)3-6-14/h2-7,10H,8-9,11H2,1H3,(H,24,27). The molecule has 0 bridgehead atoms. The number of amides is 1. The first-order valence-corrected chi connectivity index (χ1v) is 12.0. The Morgan fingerprint density at radius 3 is 2.71 bits per heavy atom. The Hall–Kier alpha value is -2.13. The van der Waals surface area contributed by atoms with Crippen molar-refractivity contribution in [2.75, 3.05) is 23.9 Å². The number of nitrogens with one attached hydrogen (secondary N) is 1. The van der Waals surface area contributed by atoms with E-state index in [1.165, 1.54) is 35.2 Å². The quantitative estimate of drug-likeness (QED) is 0.387. The summed E-state index contributed by atoms with van der Waals surface area (Å²) in [6.07, 6.45) is 0.732. The fourth-order valence-corrected chi connectivity index (χ4v) is 5.25. The highest BCUT2D eigenvalue weighted by Gasteiger charge is 2.23. The predicted octanol–water partition coefficient (Wildman–Crippen LogP) is 4.93. The molecule has 3 aromatic rings. The number of anilines is 1. The molecular weight excluding hydrogens is 477 g/mol. The van der Waals surface area contributed by atoms with Crippen LogP contribution in [0.5, 0.6) is 5.75 Å². The van der Waals surface area contributed by atoms with E-state index in [1.54, 1.807) is 42.5 Å². The normalized spacial score (nSPS) is 12.5. The molecule has 1 amide bonds. The van der Waals surface area contributed by atoms with Crippen molar-refractivity contribution in [2.45, 2.75) is 16.5 Å². The van der Waals surface area contributed by atoms with E-state index in [-0.39, 0.29) is 17.2 Å². The topological polar surface area (TPSA) is 73.2 Å². The molecule has 2 aromatic carbocycles. The second-order valence-corrected chi connectivity index (χ2v) is 9.49. The number of carbonyl (C=O) groups is 1. The van der Waals surface area contributed by atoms with Gasteiger partial charge in [0.05, 0.1) is 34.8 Å². The minimum atomic E-state index is -0.266. The molecule has 6 nitrogen and oxygen atoms in total. The Balaban J connectivity index is 1.60. The van der Waals surface area contributed by atoms with E-state index in [0.29, 0.717) is 37.2 Å². The molecule has 0 saturated heterocycles. The van der Waals surface area contributed by atoms with Crippen LogP contribution in [0.15, 0.2) is 57.3 Å². The molecular formula is C21H17Cl2N3O3S2. The first-order valence-electron chi connectivity index (χ1n) is 9.27. The molecule has 0 aliphatic carbocycles. The molecule has 4 rings (SSSR count). The smallest absolute Gasteiger partial charge is 0.272 e. The molecule has 1 aliphatic rings. The molecule has 0 unspecified atom stereocenters. The van der Waals surface area contributed by atoms with Crippen LogP contribution in [0.25, 0.3) is 5.69 Å². The summed E-state index contributed by atoms with van der Waals surface area (Å²) in [6, 6.07) is 12.0. The molecule has 0 fully saturated rings. The van der Waals surface area contributed by atoms with Gasteiger partial charge in [-0.05, 0) is 42.5 Å². The molecule has 0 radical (unpaired) electrons. The third-order valence-corrected chi connectivity index (χ3v) is 7.05. The van der Waals surface area contributed by atoms with Gasteiger partial charge in [0.25, 0.3) is 5.56 Å². The summed E-state index contributed by atoms with van der Waals surface area (Å²) in [5.74, 6) is 1.12. The van der Waals surface area contributed by atoms with E-state index in [1.807, 2.05) is 0 Å². The van der Waals surface area contributed by atoms with Crippen molar-refractivity contribution in [1.29, 1.82) is 0 Å².